The zero-order valence-corrected chi connectivity index (χ0v) is 62.0. The standard InChI is InChI=1S/C36H50N2O9S2.C28H41NO9.C8H11NOS2/c1-22(10-13-30-23(2)17-29(26(5)46-30)38-32(40)15-12-24(3)45-27(6)39)11-14-31-35(42)36(21-44-36)19-28(47-31)18-34(41)43-20-25(4)48-49-33-9-7-8-16-37-33;1-16(7-10-24-27(34)28(15-35-28)14-21(38-24)13-26(32)33)6-9-23-17(2)12-22(19(4)37-23)29-25(31)11-8-18(3)36-20(5)30;1-7(6-10)11-12-8-4-2-3-5-9-8/h7-12,14-16,23-26,28-31,35,42H,13,17-21H2,1-6H3,(H,38,40);6-8,10-11,17-19,21-24,27,34H,9,12-15H2,1-5H3,(H,29,31)(H,32,33);2-5,7,10H,6H2,1H3/b14-11+,15-12-,22-10+;10-7+,11-8-,16-6+;/t23-,24-,25+,26+,28+,29+,30-,31+,35+,36+;17-,18-,19+,21+,22+,23-,24+,27+,28+;7-/m001/s1. The highest BCUT2D eigenvalue weighted by Crippen LogP contribution is 2.45. The number of amides is 2. The molecule has 8 heterocycles. The van der Waals surface area contributed by atoms with E-state index in [1.807, 2.05) is 96.2 Å². The van der Waals surface area contributed by atoms with Crippen LogP contribution in [0.1, 0.15) is 134 Å². The van der Waals surface area contributed by atoms with Crippen molar-refractivity contribution in [3.63, 3.8) is 0 Å². The molecule has 23 nitrogen and oxygen atoms in total. The summed E-state index contributed by atoms with van der Waals surface area (Å²) in [7, 11) is 6.38. The van der Waals surface area contributed by atoms with Crippen LogP contribution in [0.25, 0.3) is 0 Å². The van der Waals surface area contributed by atoms with Crippen molar-refractivity contribution in [2.24, 2.45) is 11.8 Å². The SMILES string of the molecule is CC(=O)O[C@@H](C)/C=C\C(=O)N[C@@H]1C[C@H](C)[C@H](C/C=C(C)/C=C/[C@H]2O[C@H](CC(=O)O)C[C@@]3(CO3)[C@@H]2O)O[C@@H]1C.CC(=O)O[C@@H](C)/C=C\C(=O)N[C@@H]1C[C@H](C)[C@H](C/C=C(C)/C=C/[C@H]2O[C@H](CC(=O)OC[C@@H](C)SSc3ccccn3)C[C@@]3(CO3)[C@@H]2O)O[C@@H]1C.C[C@H](CO)SSc1ccccn1. The van der Waals surface area contributed by atoms with Crippen LogP contribution >= 0.6 is 43.2 Å². The molecule has 0 bridgehead atoms. The molecule has 0 unspecified atom stereocenters. The second kappa shape index (κ2) is 41.0. The highest BCUT2D eigenvalue weighted by molar-refractivity contribution is 8.77. The average molecular weight is 1460 g/mol. The number of carbonyl (C=O) groups is 6. The fourth-order valence-corrected chi connectivity index (χ4v) is 15.2. The number of carboxylic acids is 1. The van der Waals surface area contributed by atoms with Gasteiger partial charge in [0, 0.05) is 61.7 Å². The van der Waals surface area contributed by atoms with Crippen LogP contribution in [-0.4, -0.2) is 200 Å². The number of nitrogens with one attached hydrogen (secondary N) is 2. The Kier molecular flexibility index (Phi) is 34.2. The van der Waals surface area contributed by atoms with Gasteiger partial charge in [-0.1, -0.05) is 102 Å². The quantitative estimate of drug-likeness (QED) is 0.0110. The number of ether oxygens (including phenoxy) is 9. The first kappa shape index (κ1) is 82.6. The molecule has 6 saturated heterocycles. The molecule has 6 aliphatic rings. The van der Waals surface area contributed by atoms with E-state index in [0.29, 0.717) is 38.9 Å². The van der Waals surface area contributed by atoms with E-state index >= 15 is 0 Å². The van der Waals surface area contributed by atoms with Crippen LogP contribution in [0.5, 0.6) is 0 Å². The normalized spacial score (nSPS) is 31.1. The Labute approximate surface area is 598 Å². The molecule has 0 radical (unpaired) electrons. The Hall–Kier alpha value is -5.40. The number of aromatic nitrogens is 2. The van der Waals surface area contributed by atoms with E-state index in [4.69, 9.17) is 52.8 Å². The highest BCUT2D eigenvalue weighted by Gasteiger charge is 2.59. The Balaban J connectivity index is 0.000000272. The fourth-order valence-electron chi connectivity index (χ4n) is 11.5. The molecule has 0 aromatic carbocycles. The molecule has 99 heavy (non-hydrogen) atoms. The van der Waals surface area contributed by atoms with Crippen LogP contribution in [0.3, 0.4) is 0 Å². The van der Waals surface area contributed by atoms with Gasteiger partial charge in [-0.05, 0) is 144 Å². The summed E-state index contributed by atoms with van der Waals surface area (Å²) in [6, 6.07) is 11.3. The van der Waals surface area contributed by atoms with Crippen LogP contribution in [0.4, 0.5) is 0 Å². The van der Waals surface area contributed by atoms with Gasteiger partial charge < -0.3 is 73.7 Å². The van der Waals surface area contributed by atoms with Crippen molar-refractivity contribution in [2.75, 3.05) is 26.4 Å². The van der Waals surface area contributed by atoms with Gasteiger partial charge in [0.1, 0.15) is 64.5 Å². The number of hydrogen-bond acceptors (Lipinski definition) is 24. The minimum atomic E-state index is -0.941. The lowest BCUT2D eigenvalue weighted by Crippen LogP contribution is -2.50. The van der Waals surface area contributed by atoms with Gasteiger partial charge in [-0.2, -0.15) is 0 Å². The second-order valence-electron chi connectivity index (χ2n) is 26.3. The molecule has 6 N–H and O–H groups in total. The van der Waals surface area contributed by atoms with Crippen molar-refractivity contribution >= 4 is 78.9 Å². The van der Waals surface area contributed by atoms with Gasteiger partial charge in [0.05, 0.1) is 81.4 Å². The molecule has 2 amide bonds. The summed E-state index contributed by atoms with van der Waals surface area (Å²) in [5.41, 5.74) is 0.568. The minimum Gasteiger partial charge on any atom is -0.481 e. The van der Waals surface area contributed by atoms with Gasteiger partial charge in [-0.15, -0.1) is 0 Å². The molecule has 0 aliphatic carbocycles. The smallest absolute Gasteiger partial charge is 0.308 e. The number of carbonyl (C=O) groups excluding carboxylic acids is 5. The largest absolute Gasteiger partial charge is 0.481 e. The Morgan fingerprint density at radius 2 is 1.05 bits per heavy atom. The number of rotatable bonds is 29. The zero-order chi connectivity index (χ0) is 72.4. The second-order valence-corrected chi connectivity index (χ2v) is 31.6. The van der Waals surface area contributed by atoms with Gasteiger partial charge in [0.15, 0.2) is 0 Å². The summed E-state index contributed by atoms with van der Waals surface area (Å²) in [6.07, 6.45) is 19.4. The van der Waals surface area contributed by atoms with Crippen LogP contribution in [0, 0.1) is 11.8 Å². The Morgan fingerprint density at radius 3 is 1.43 bits per heavy atom. The Bertz CT molecular complexity index is 3100. The van der Waals surface area contributed by atoms with E-state index in [2.05, 4.69) is 46.6 Å². The van der Waals surface area contributed by atoms with Crippen LogP contribution in [0.2, 0.25) is 0 Å². The van der Waals surface area contributed by atoms with Crippen LogP contribution in [-0.2, 0) is 71.4 Å². The molecule has 0 saturated carbocycles. The zero-order valence-electron chi connectivity index (χ0n) is 58.7. The molecular weight excluding hydrogens is 1350 g/mol. The molecule has 6 aliphatic heterocycles. The molecule has 20 atom stereocenters. The third kappa shape index (κ3) is 29.1. The van der Waals surface area contributed by atoms with E-state index in [9.17, 15) is 39.0 Å². The molecule has 2 spiro atoms. The van der Waals surface area contributed by atoms with Crippen LogP contribution < -0.4 is 10.6 Å². The molecule has 2 aromatic heterocycles. The Morgan fingerprint density at radius 1 is 0.626 bits per heavy atom. The van der Waals surface area contributed by atoms with Crippen molar-refractivity contribution < 1.29 is 91.8 Å². The number of aliphatic carboxylic acids is 1. The van der Waals surface area contributed by atoms with E-state index in [1.165, 1.54) is 26.0 Å². The van der Waals surface area contributed by atoms with Crippen LogP contribution in [0.15, 0.2) is 131 Å². The average Bonchev–Trinajstić information content (AvgIpc) is 1.61. The first-order valence-electron chi connectivity index (χ1n) is 33.8. The number of allylic oxidation sites excluding steroid dienone is 4. The third-order valence-corrected chi connectivity index (χ3v) is 22.8. The molecule has 2 aromatic rings. The van der Waals surface area contributed by atoms with Gasteiger partial charge in [0.25, 0.3) is 0 Å². The summed E-state index contributed by atoms with van der Waals surface area (Å²) in [4.78, 5) is 79.1. The lowest BCUT2D eigenvalue weighted by atomic mass is 9.87. The predicted molar refractivity (Wildman–Crippen MR) is 381 cm³/mol. The maximum atomic E-state index is 12.7. The summed E-state index contributed by atoms with van der Waals surface area (Å²) in [6.45, 7) is 23.4. The van der Waals surface area contributed by atoms with Crippen molar-refractivity contribution in [1.29, 1.82) is 0 Å². The van der Waals surface area contributed by atoms with Crippen molar-refractivity contribution in [1.82, 2.24) is 20.6 Å². The number of pyridine rings is 2. The van der Waals surface area contributed by atoms with Gasteiger partial charge in [0.2, 0.25) is 11.8 Å². The number of carboxylic acid groups (broad SMARTS) is 1. The number of nitrogens with zero attached hydrogens (tertiary/aromatic N) is 2. The molecule has 548 valence electrons. The molecule has 8 rings (SSSR count). The van der Waals surface area contributed by atoms with E-state index in [0.717, 1.165) is 34.0 Å². The summed E-state index contributed by atoms with van der Waals surface area (Å²) >= 11 is 0. The summed E-state index contributed by atoms with van der Waals surface area (Å²) < 4.78 is 51.3. The lowest BCUT2D eigenvalue weighted by molar-refractivity contribution is -0.160. The number of epoxide rings is 2. The summed E-state index contributed by atoms with van der Waals surface area (Å²) in [5, 5.41) is 47.8. The van der Waals surface area contributed by atoms with Crippen molar-refractivity contribution in [2.45, 2.75) is 252 Å². The first-order chi connectivity index (χ1) is 47.0. The number of hydrogen-bond donors (Lipinski definition) is 6. The molecule has 6 fully saturated rings. The summed E-state index contributed by atoms with van der Waals surface area (Å²) in [5.74, 6) is -2.18. The lowest BCUT2D eigenvalue weighted by Gasteiger charge is -2.39. The topological polar surface area (TPSA) is 323 Å². The molecule has 27 heteroatoms. The number of esters is 3. The van der Waals surface area contributed by atoms with E-state index < -0.39 is 77.9 Å². The van der Waals surface area contributed by atoms with Crippen molar-refractivity contribution in [3.8, 4) is 0 Å². The third-order valence-electron chi connectivity index (χ3n) is 17.3. The monoisotopic (exact) mass is 1450 g/mol. The minimum absolute atomic E-state index is 0.0133. The first-order valence-corrected chi connectivity index (χ1v) is 38.2. The maximum Gasteiger partial charge on any atom is 0.308 e. The number of aliphatic hydroxyl groups excluding tert-OH is 3. The van der Waals surface area contributed by atoms with Gasteiger partial charge in [-0.25, -0.2) is 9.97 Å². The van der Waals surface area contributed by atoms with E-state index in [-0.39, 0.29) is 103 Å². The van der Waals surface area contributed by atoms with Gasteiger partial charge in [-0.3, -0.25) is 28.8 Å². The number of aliphatic hydroxyl groups is 3. The van der Waals surface area contributed by atoms with E-state index in [1.54, 1.807) is 87.6 Å². The fraction of sp³-hybridized carbons (Fsp3) is 0.611. The molecular formula is C72H102N4O19S4. The maximum absolute atomic E-state index is 12.7. The van der Waals surface area contributed by atoms with Gasteiger partial charge >= 0.3 is 23.9 Å². The van der Waals surface area contributed by atoms with Crippen molar-refractivity contribution in [3.05, 3.63) is 121 Å². The highest BCUT2D eigenvalue weighted by atomic mass is 33.1. The predicted octanol–water partition coefficient (Wildman–Crippen LogP) is 9.78.